The van der Waals surface area contributed by atoms with Gasteiger partial charge in [0.25, 0.3) is 0 Å². The largest absolute Gasteiger partial charge is 0.395 e. The number of hydrogen-bond donors (Lipinski definition) is 2. The van der Waals surface area contributed by atoms with Crippen molar-refractivity contribution in [3.8, 4) is 11.8 Å². The average Bonchev–Trinajstić information content (AvgIpc) is 2.93. The minimum Gasteiger partial charge on any atom is -0.395 e. The maximum absolute atomic E-state index is 9.27. The first-order chi connectivity index (χ1) is 10.3. The van der Waals surface area contributed by atoms with Gasteiger partial charge in [-0.3, -0.25) is 4.90 Å². The summed E-state index contributed by atoms with van der Waals surface area (Å²) in [6, 6.07) is 12.3. The Balaban J connectivity index is 2.07. The molecule has 2 aromatic rings. The third-order valence-corrected chi connectivity index (χ3v) is 4.01. The Labute approximate surface area is 130 Å². The van der Waals surface area contributed by atoms with E-state index in [-0.39, 0.29) is 6.61 Å². The molecule has 3 nitrogen and oxygen atoms in total. The molecule has 0 unspecified atom stereocenters. The average molecular weight is 300 g/mol. The highest BCUT2D eigenvalue weighted by Gasteiger charge is 2.10. The Morgan fingerprint density at radius 3 is 2.67 bits per heavy atom. The van der Waals surface area contributed by atoms with Crippen molar-refractivity contribution in [2.75, 3.05) is 19.7 Å². The molecular formula is C17H20N2OS. The molecule has 3 N–H and O–H groups in total. The molecule has 110 valence electrons. The number of benzene rings is 1. The fourth-order valence-electron chi connectivity index (χ4n) is 2.12. The van der Waals surface area contributed by atoms with Gasteiger partial charge in [0.15, 0.2) is 0 Å². The molecule has 0 saturated heterocycles. The molecule has 2 rings (SSSR count). The highest BCUT2D eigenvalue weighted by Crippen LogP contribution is 2.19. The highest BCUT2D eigenvalue weighted by molar-refractivity contribution is 7.10. The summed E-state index contributed by atoms with van der Waals surface area (Å²) in [7, 11) is 0. The molecule has 0 aliphatic rings. The van der Waals surface area contributed by atoms with Crippen LogP contribution in [0.2, 0.25) is 0 Å². The molecular weight excluding hydrogens is 280 g/mol. The lowest BCUT2D eigenvalue weighted by Gasteiger charge is -2.21. The summed E-state index contributed by atoms with van der Waals surface area (Å²) >= 11 is 1.70. The first-order valence-electron chi connectivity index (χ1n) is 6.96. The molecule has 0 atom stereocenters. The number of aliphatic hydroxyl groups is 1. The second-order valence-corrected chi connectivity index (χ2v) is 5.68. The Bertz CT molecular complexity index is 598. The standard InChI is InChI=1S/C17H20N2OS/c18-9-4-7-16-8-12-21-17(16)14-19(10-11-20)13-15-5-2-1-3-6-15/h1-3,5-6,8,12,20H,9-11,13-14,18H2. The van der Waals surface area contributed by atoms with Crippen LogP contribution < -0.4 is 5.73 Å². The van der Waals surface area contributed by atoms with Crippen molar-refractivity contribution in [3.05, 3.63) is 57.8 Å². The lowest BCUT2D eigenvalue weighted by Crippen LogP contribution is -2.26. The van der Waals surface area contributed by atoms with Gasteiger partial charge in [-0.2, -0.15) is 0 Å². The molecule has 4 heteroatoms. The van der Waals surface area contributed by atoms with Gasteiger partial charge >= 0.3 is 0 Å². The van der Waals surface area contributed by atoms with Crippen molar-refractivity contribution in [2.45, 2.75) is 13.1 Å². The van der Waals surface area contributed by atoms with E-state index in [1.54, 1.807) is 11.3 Å². The van der Waals surface area contributed by atoms with Crippen LogP contribution in [0.3, 0.4) is 0 Å². The van der Waals surface area contributed by atoms with Gasteiger partial charge in [-0.1, -0.05) is 42.2 Å². The SMILES string of the molecule is NCC#Cc1ccsc1CN(CCO)Cc1ccccc1. The molecule has 21 heavy (non-hydrogen) atoms. The van der Waals surface area contributed by atoms with Crippen LogP contribution in [0.1, 0.15) is 16.0 Å². The molecule has 0 bridgehead atoms. The van der Waals surface area contributed by atoms with E-state index >= 15 is 0 Å². The zero-order valence-electron chi connectivity index (χ0n) is 12.0. The zero-order valence-corrected chi connectivity index (χ0v) is 12.8. The van der Waals surface area contributed by atoms with Crippen molar-refractivity contribution in [1.82, 2.24) is 4.90 Å². The lowest BCUT2D eigenvalue weighted by molar-refractivity contribution is 0.185. The number of hydrogen-bond acceptors (Lipinski definition) is 4. The topological polar surface area (TPSA) is 49.5 Å². The van der Waals surface area contributed by atoms with Crippen LogP contribution >= 0.6 is 11.3 Å². The number of nitrogens with two attached hydrogens (primary N) is 1. The van der Waals surface area contributed by atoms with Gasteiger partial charge in [0.1, 0.15) is 0 Å². The Morgan fingerprint density at radius 1 is 1.14 bits per heavy atom. The molecule has 0 fully saturated rings. The van der Waals surface area contributed by atoms with E-state index in [0.29, 0.717) is 13.1 Å². The quantitative estimate of drug-likeness (QED) is 0.803. The smallest absolute Gasteiger partial charge is 0.0558 e. The molecule has 0 spiro atoms. The van der Waals surface area contributed by atoms with E-state index < -0.39 is 0 Å². The molecule has 1 aromatic carbocycles. The minimum absolute atomic E-state index is 0.155. The summed E-state index contributed by atoms with van der Waals surface area (Å²) in [6.45, 7) is 2.79. The van der Waals surface area contributed by atoms with Crippen molar-refractivity contribution >= 4 is 11.3 Å². The van der Waals surface area contributed by atoms with Crippen molar-refractivity contribution in [2.24, 2.45) is 5.73 Å². The van der Waals surface area contributed by atoms with Crippen LogP contribution in [0, 0.1) is 11.8 Å². The van der Waals surface area contributed by atoms with Gasteiger partial charge in [0, 0.05) is 30.1 Å². The summed E-state index contributed by atoms with van der Waals surface area (Å²) in [5, 5.41) is 11.3. The van der Waals surface area contributed by atoms with Gasteiger partial charge in [-0.15, -0.1) is 11.3 Å². The maximum Gasteiger partial charge on any atom is 0.0558 e. The number of thiophene rings is 1. The number of nitrogens with zero attached hydrogens (tertiary/aromatic N) is 1. The van der Waals surface area contributed by atoms with Crippen LogP contribution in [-0.2, 0) is 13.1 Å². The van der Waals surface area contributed by atoms with E-state index in [9.17, 15) is 5.11 Å². The molecule has 0 radical (unpaired) electrons. The van der Waals surface area contributed by atoms with Crippen LogP contribution in [0.5, 0.6) is 0 Å². The molecule has 1 aromatic heterocycles. The third-order valence-electron chi connectivity index (χ3n) is 3.10. The minimum atomic E-state index is 0.155. The summed E-state index contributed by atoms with van der Waals surface area (Å²) in [6.07, 6.45) is 0. The molecule has 0 aliphatic carbocycles. The molecule has 0 amide bonds. The number of aliphatic hydroxyl groups excluding tert-OH is 1. The van der Waals surface area contributed by atoms with Crippen LogP contribution in [-0.4, -0.2) is 29.7 Å². The Kier molecular flexibility index (Phi) is 6.45. The van der Waals surface area contributed by atoms with Gasteiger partial charge < -0.3 is 10.8 Å². The molecule has 0 aliphatic heterocycles. The fourth-order valence-corrected chi connectivity index (χ4v) is 2.99. The number of rotatable bonds is 6. The predicted octanol–water partition coefficient (Wildman–Crippen LogP) is 2.05. The Morgan fingerprint density at radius 2 is 1.95 bits per heavy atom. The molecule has 1 heterocycles. The summed E-state index contributed by atoms with van der Waals surface area (Å²) in [5.74, 6) is 6.01. The second kappa shape index (κ2) is 8.60. The second-order valence-electron chi connectivity index (χ2n) is 4.68. The first kappa shape index (κ1) is 15.7. The van der Waals surface area contributed by atoms with E-state index in [2.05, 4.69) is 34.3 Å². The van der Waals surface area contributed by atoms with Crippen LogP contribution in [0.15, 0.2) is 41.8 Å². The summed E-state index contributed by atoms with van der Waals surface area (Å²) < 4.78 is 0. The van der Waals surface area contributed by atoms with E-state index in [0.717, 1.165) is 18.7 Å². The van der Waals surface area contributed by atoms with E-state index in [1.807, 2.05) is 24.3 Å². The fraction of sp³-hybridized carbons (Fsp3) is 0.294. The van der Waals surface area contributed by atoms with E-state index in [4.69, 9.17) is 5.73 Å². The van der Waals surface area contributed by atoms with E-state index in [1.165, 1.54) is 10.4 Å². The van der Waals surface area contributed by atoms with Crippen LogP contribution in [0.4, 0.5) is 0 Å². The monoisotopic (exact) mass is 300 g/mol. The van der Waals surface area contributed by atoms with Gasteiger partial charge in [0.05, 0.1) is 13.2 Å². The van der Waals surface area contributed by atoms with Crippen LogP contribution in [0.25, 0.3) is 0 Å². The zero-order chi connectivity index (χ0) is 14.9. The highest BCUT2D eigenvalue weighted by atomic mass is 32.1. The van der Waals surface area contributed by atoms with Gasteiger partial charge in [-0.05, 0) is 17.0 Å². The van der Waals surface area contributed by atoms with Gasteiger partial charge in [0.2, 0.25) is 0 Å². The maximum atomic E-state index is 9.27. The van der Waals surface area contributed by atoms with Gasteiger partial charge in [-0.25, -0.2) is 0 Å². The Hall–Kier alpha value is -1.64. The van der Waals surface area contributed by atoms with Crippen molar-refractivity contribution < 1.29 is 5.11 Å². The predicted molar refractivity (Wildman–Crippen MR) is 87.9 cm³/mol. The summed E-state index contributed by atoms with van der Waals surface area (Å²) in [4.78, 5) is 3.45. The van der Waals surface area contributed by atoms with Crippen molar-refractivity contribution in [3.63, 3.8) is 0 Å². The summed E-state index contributed by atoms with van der Waals surface area (Å²) in [5.41, 5.74) is 7.72. The molecule has 0 saturated carbocycles. The van der Waals surface area contributed by atoms with Crippen molar-refractivity contribution in [1.29, 1.82) is 0 Å². The lowest BCUT2D eigenvalue weighted by atomic mass is 10.2. The first-order valence-corrected chi connectivity index (χ1v) is 7.84. The third kappa shape index (κ3) is 5.00. The normalized spacial score (nSPS) is 10.4.